The number of unbranched alkanes of at least 4 members (excludes halogenated alkanes) is 3. The molecule has 1 aromatic carbocycles. The van der Waals surface area contributed by atoms with Gasteiger partial charge in [-0.15, -0.1) is 0 Å². The Bertz CT molecular complexity index is 558. The van der Waals surface area contributed by atoms with Crippen LogP contribution in [0.25, 0.3) is 0 Å². The van der Waals surface area contributed by atoms with Gasteiger partial charge in [0.05, 0.1) is 5.69 Å². The lowest BCUT2D eigenvalue weighted by Crippen LogP contribution is -2.27. The molecule has 1 rings (SSSR count). The lowest BCUT2D eigenvalue weighted by Gasteiger charge is -2.21. The second kappa shape index (κ2) is 13.0. The number of hydrogen-bond donors (Lipinski definition) is 3. The first-order valence-electron chi connectivity index (χ1n) is 9.11. The van der Waals surface area contributed by atoms with E-state index in [4.69, 9.17) is 16.0 Å². The number of benzene rings is 1. The summed E-state index contributed by atoms with van der Waals surface area (Å²) in [7, 11) is -4.23. The van der Waals surface area contributed by atoms with E-state index in [0.717, 1.165) is 6.07 Å². The first-order valence-corrected chi connectivity index (χ1v) is 10.5. The van der Waals surface area contributed by atoms with Crippen molar-refractivity contribution < 1.29 is 13.0 Å². The van der Waals surface area contributed by atoms with Crippen LogP contribution in [0.4, 0.5) is 11.4 Å². The van der Waals surface area contributed by atoms with Crippen molar-refractivity contribution >= 4 is 21.5 Å². The van der Waals surface area contributed by atoms with Crippen LogP contribution in [0.2, 0.25) is 0 Å². The third-order valence-corrected chi connectivity index (χ3v) is 4.72. The highest BCUT2D eigenvalue weighted by atomic mass is 32.2. The number of hydrogen-bond acceptors (Lipinski definition) is 5. The Balaban J connectivity index is 0.000000462. The van der Waals surface area contributed by atoms with Crippen LogP contribution in [0.15, 0.2) is 23.1 Å². The Hall–Kier alpha value is -1.31. The topological polar surface area (TPSA) is 110 Å². The van der Waals surface area contributed by atoms with Gasteiger partial charge in [0.25, 0.3) is 10.1 Å². The van der Waals surface area contributed by atoms with Crippen LogP contribution in [0.1, 0.15) is 59.3 Å². The molecule has 0 heterocycles. The average molecular weight is 374 g/mol. The summed E-state index contributed by atoms with van der Waals surface area (Å²) in [5.41, 5.74) is 10.9. The minimum Gasteiger partial charge on any atom is -0.399 e. The molecular formula is C18H35N3O3S. The van der Waals surface area contributed by atoms with E-state index < -0.39 is 10.1 Å². The number of nitrogens with zero attached hydrogens (tertiary/aromatic N) is 1. The molecule has 0 aromatic heterocycles. The molecule has 0 aliphatic heterocycles. The predicted molar refractivity (Wildman–Crippen MR) is 106 cm³/mol. The molecule has 0 amide bonds. The van der Waals surface area contributed by atoms with Crippen molar-refractivity contribution in [2.24, 2.45) is 0 Å². The Morgan fingerprint density at radius 1 is 0.920 bits per heavy atom. The van der Waals surface area contributed by atoms with Crippen molar-refractivity contribution in [3.05, 3.63) is 18.2 Å². The highest BCUT2D eigenvalue weighted by Crippen LogP contribution is 2.19. The monoisotopic (exact) mass is 373 g/mol. The minimum atomic E-state index is -4.23. The van der Waals surface area contributed by atoms with E-state index in [1.165, 1.54) is 70.3 Å². The number of nitrogens with two attached hydrogens (primary N) is 2. The summed E-state index contributed by atoms with van der Waals surface area (Å²) in [6.07, 6.45) is 8.09. The molecule has 6 nitrogen and oxygen atoms in total. The smallest absolute Gasteiger partial charge is 0.296 e. The zero-order valence-electron chi connectivity index (χ0n) is 15.9. The maximum Gasteiger partial charge on any atom is 0.296 e. The fourth-order valence-corrected chi connectivity index (χ4v) is 2.88. The van der Waals surface area contributed by atoms with E-state index in [-0.39, 0.29) is 10.6 Å². The largest absolute Gasteiger partial charge is 0.399 e. The molecule has 25 heavy (non-hydrogen) atoms. The Labute approximate surface area is 153 Å². The Kier molecular flexibility index (Phi) is 12.3. The van der Waals surface area contributed by atoms with E-state index in [2.05, 4.69) is 25.7 Å². The lowest BCUT2D eigenvalue weighted by atomic mass is 10.2. The van der Waals surface area contributed by atoms with Crippen molar-refractivity contribution in [2.75, 3.05) is 31.1 Å². The van der Waals surface area contributed by atoms with Crippen molar-refractivity contribution in [3.63, 3.8) is 0 Å². The van der Waals surface area contributed by atoms with Crippen LogP contribution in [-0.2, 0) is 10.1 Å². The van der Waals surface area contributed by atoms with Gasteiger partial charge in [-0.05, 0) is 57.1 Å². The molecule has 0 atom stereocenters. The third kappa shape index (κ3) is 11.0. The maximum absolute atomic E-state index is 10.6. The molecule has 0 aliphatic carbocycles. The number of anilines is 2. The van der Waals surface area contributed by atoms with Crippen molar-refractivity contribution in [1.82, 2.24) is 4.90 Å². The molecule has 0 aliphatic rings. The molecule has 0 radical (unpaired) electrons. The molecule has 146 valence electrons. The highest BCUT2D eigenvalue weighted by molar-refractivity contribution is 7.86. The van der Waals surface area contributed by atoms with Crippen LogP contribution in [-0.4, -0.2) is 37.5 Å². The molecule has 0 saturated heterocycles. The molecule has 0 unspecified atom stereocenters. The van der Waals surface area contributed by atoms with E-state index in [0.29, 0.717) is 5.69 Å². The molecule has 0 fully saturated rings. The minimum absolute atomic E-state index is 0.0579. The summed E-state index contributed by atoms with van der Waals surface area (Å²) in [4.78, 5) is 2.31. The second-order valence-corrected chi connectivity index (χ2v) is 7.56. The molecular weight excluding hydrogens is 338 g/mol. The third-order valence-electron chi connectivity index (χ3n) is 3.80. The molecule has 7 heteroatoms. The molecule has 0 spiro atoms. The summed E-state index contributed by atoms with van der Waals surface area (Å²) in [6.45, 7) is 10.8. The molecule has 0 bridgehead atoms. The van der Waals surface area contributed by atoms with Gasteiger partial charge in [0.1, 0.15) is 4.90 Å². The molecule has 5 N–H and O–H groups in total. The van der Waals surface area contributed by atoms with E-state index in [9.17, 15) is 8.42 Å². The predicted octanol–water partition coefficient (Wildman–Crippen LogP) is 3.79. The maximum atomic E-state index is 10.6. The second-order valence-electron chi connectivity index (χ2n) is 6.17. The average Bonchev–Trinajstić information content (AvgIpc) is 2.53. The van der Waals surface area contributed by atoms with E-state index in [1.54, 1.807) is 0 Å². The lowest BCUT2D eigenvalue weighted by molar-refractivity contribution is 0.261. The van der Waals surface area contributed by atoms with Crippen molar-refractivity contribution in [2.45, 2.75) is 64.2 Å². The normalized spacial score (nSPS) is 11.2. The Morgan fingerprint density at radius 2 is 1.36 bits per heavy atom. The SMILES string of the molecule is CCCCN(CCCC)CCCC.Nc1ccc(S(=O)(=O)O)c(N)c1. The van der Waals surface area contributed by atoms with Crippen LogP contribution in [0, 0.1) is 0 Å². The number of rotatable bonds is 10. The highest BCUT2D eigenvalue weighted by Gasteiger charge is 2.12. The van der Waals surface area contributed by atoms with Gasteiger partial charge in [-0.2, -0.15) is 8.42 Å². The van der Waals surface area contributed by atoms with Gasteiger partial charge in [0, 0.05) is 5.69 Å². The van der Waals surface area contributed by atoms with Gasteiger partial charge in [-0.25, -0.2) is 0 Å². The summed E-state index contributed by atoms with van der Waals surface area (Å²) < 4.78 is 29.8. The van der Waals surface area contributed by atoms with Crippen LogP contribution < -0.4 is 11.5 Å². The van der Waals surface area contributed by atoms with Gasteiger partial charge in [-0.3, -0.25) is 4.55 Å². The fourth-order valence-electron chi connectivity index (χ4n) is 2.28. The first-order chi connectivity index (χ1) is 11.8. The molecule has 0 saturated carbocycles. The zero-order valence-corrected chi connectivity index (χ0v) is 16.7. The van der Waals surface area contributed by atoms with Crippen LogP contribution >= 0.6 is 0 Å². The quantitative estimate of drug-likeness (QED) is 0.425. The van der Waals surface area contributed by atoms with E-state index in [1.807, 2.05) is 0 Å². The summed E-state index contributed by atoms with van der Waals surface area (Å²) in [6, 6.07) is 3.77. The van der Waals surface area contributed by atoms with Crippen molar-refractivity contribution in [3.8, 4) is 0 Å². The summed E-state index contributed by atoms with van der Waals surface area (Å²) in [5.74, 6) is 0. The Morgan fingerprint density at radius 3 is 1.68 bits per heavy atom. The fraction of sp³-hybridized carbons (Fsp3) is 0.667. The van der Waals surface area contributed by atoms with Gasteiger partial charge in [0.2, 0.25) is 0 Å². The van der Waals surface area contributed by atoms with Gasteiger partial charge >= 0.3 is 0 Å². The van der Waals surface area contributed by atoms with Gasteiger partial charge in [-0.1, -0.05) is 40.0 Å². The summed E-state index contributed by atoms with van der Waals surface area (Å²) in [5, 5.41) is 0. The first kappa shape index (κ1) is 23.7. The van der Waals surface area contributed by atoms with E-state index >= 15 is 0 Å². The number of nitrogen functional groups attached to an aromatic ring is 2. The van der Waals surface area contributed by atoms with Gasteiger partial charge < -0.3 is 16.4 Å². The van der Waals surface area contributed by atoms with Gasteiger partial charge in [0.15, 0.2) is 0 Å². The zero-order chi connectivity index (χ0) is 19.3. The molecule has 1 aromatic rings. The van der Waals surface area contributed by atoms with Crippen molar-refractivity contribution in [1.29, 1.82) is 0 Å². The van der Waals surface area contributed by atoms with Crippen LogP contribution in [0.3, 0.4) is 0 Å². The standard InChI is InChI=1S/C12H27N.C6H8N2O3S/c1-4-7-10-13(11-8-5-2)12-9-6-3;7-4-1-2-6(5(8)3-4)12(9,10)11/h4-12H2,1-3H3;1-3H,7-8H2,(H,9,10,11). The van der Waals surface area contributed by atoms with Crippen LogP contribution in [0.5, 0.6) is 0 Å². The summed E-state index contributed by atoms with van der Waals surface area (Å²) >= 11 is 0.